The van der Waals surface area contributed by atoms with Crippen LogP contribution < -0.4 is 4.90 Å². The summed E-state index contributed by atoms with van der Waals surface area (Å²) in [5.74, 6) is 0.990. The molecule has 0 radical (unpaired) electrons. The molecule has 2 aromatic heterocycles. The summed E-state index contributed by atoms with van der Waals surface area (Å²) in [5.41, 5.74) is 1.91. The molecule has 0 spiro atoms. The van der Waals surface area contributed by atoms with E-state index in [-0.39, 0.29) is 5.91 Å². The van der Waals surface area contributed by atoms with E-state index in [0.29, 0.717) is 33.7 Å². The largest absolute Gasteiger partial charge is 0.467 e. The third-order valence-corrected chi connectivity index (χ3v) is 6.51. The quantitative estimate of drug-likeness (QED) is 0.344. The maximum Gasteiger partial charge on any atom is 0.239 e. The van der Waals surface area contributed by atoms with Crippen LogP contribution in [0, 0.1) is 6.92 Å². The molecule has 0 fully saturated rings. The Labute approximate surface area is 176 Å². The van der Waals surface area contributed by atoms with Crippen LogP contribution in [-0.4, -0.2) is 16.6 Å². The van der Waals surface area contributed by atoms with Crippen molar-refractivity contribution in [3.63, 3.8) is 0 Å². The molecule has 0 saturated heterocycles. The molecule has 2 aromatic carbocycles. The number of aryl methyl sites for hydroxylation is 1. The molecule has 0 aliphatic rings. The molecule has 0 aliphatic heterocycles. The third-order valence-electron chi connectivity index (χ3n) is 4.17. The van der Waals surface area contributed by atoms with E-state index in [1.165, 1.54) is 28.7 Å². The number of aromatic nitrogens is 1. The smallest absolute Gasteiger partial charge is 0.239 e. The van der Waals surface area contributed by atoms with E-state index in [2.05, 4.69) is 4.98 Å². The molecular weight excluding hydrogens is 412 g/mol. The van der Waals surface area contributed by atoms with Gasteiger partial charge in [0.1, 0.15) is 11.3 Å². The topological polar surface area (TPSA) is 46.3 Å². The maximum absolute atomic E-state index is 13.1. The van der Waals surface area contributed by atoms with Gasteiger partial charge >= 0.3 is 0 Å². The molecule has 0 bridgehead atoms. The fourth-order valence-electron chi connectivity index (χ4n) is 2.70. The van der Waals surface area contributed by atoms with Crippen LogP contribution >= 0.6 is 34.7 Å². The first kappa shape index (κ1) is 19.1. The van der Waals surface area contributed by atoms with Gasteiger partial charge in [-0.05, 0) is 43.3 Å². The van der Waals surface area contributed by atoms with Crippen molar-refractivity contribution >= 4 is 56.0 Å². The molecule has 4 rings (SSSR count). The maximum atomic E-state index is 13.1. The molecule has 0 saturated carbocycles. The summed E-state index contributed by atoms with van der Waals surface area (Å²) < 4.78 is 6.41. The van der Waals surface area contributed by atoms with Crippen LogP contribution in [0.15, 0.2) is 70.2 Å². The van der Waals surface area contributed by atoms with Crippen molar-refractivity contribution < 1.29 is 9.21 Å². The number of para-hydroxylation sites is 1. The number of rotatable bonds is 6. The molecule has 4 nitrogen and oxygen atoms in total. The van der Waals surface area contributed by atoms with E-state index >= 15 is 0 Å². The summed E-state index contributed by atoms with van der Waals surface area (Å²) in [5, 5.41) is 1.20. The number of amides is 1. The summed E-state index contributed by atoms with van der Waals surface area (Å²) in [4.78, 5) is 20.4. The van der Waals surface area contributed by atoms with E-state index in [1.807, 2.05) is 55.5 Å². The van der Waals surface area contributed by atoms with Gasteiger partial charge in [-0.25, -0.2) is 4.98 Å². The highest BCUT2D eigenvalue weighted by Gasteiger charge is 2.22. The lowest BCUT2D eigenvalue weighted by molar-refractivity contribution is -0.116. The van der Waals surface area contributed by atoms with Crippen LogP contribution in [0.3, 0.4) is 0 Å². The van der Waals surface area contributed by atoms with Gasteiger partial charge in [-0.2, -0.15) is 0 Å². The van der Waals surface area contributed by atoms with Crippen LogP contribution in [0.25, 0.3) is 10.2 Å². The van der Waals surface area contributed by atoms with Gasteiger partial charge in [0.25, 0.3) is 0 Å². The molecular formula is C21H17ClN2O2S2. The molecule has 28 heavy (non-hydrogen) atoms. The van der Waals surface area contributed by atoms with E-state index in [4.69, 9.17) is 16.0 Å². The van der Waals surface area contributed by atoms with E-state index in [0.717, 1.165) is 9.60 Å². The zero-order valence-corrected chi connectivity index (χ0v) is 17.5. The first-order valence-electron chi connectivity index (χ1n) is 8.67. The minimum absolute atomic E-state index is 0.0304. The summed E-state index contributed by atoms with van der Waals surface area (Å²) in [6.07, 6.45) is 1.61. The van der Waals surface area contributed by atoms with Crippen molar-refractivity contribution in [3.8, 4) is 0 Å². The van der Waals surface area contributed by atoms with Crippen LogP contribution in [0.2, 0.25) is 5.02 Å². The summed E-state index contributed by atoms with van der Waals surface area (Å²) >= 11 is 9.23. The Kier molecular flexibility index (Phi) is 5.71. The van der Waals surface area contributed by atoms with Gasteiger partial charge in [0.05, 0.1) is 28.3 Å². The van der Waals surface area contributed by atoms with Crippen molar-refractivity contribution in [2.24, 2.45) is 0 Å². The fourth-order valence-corrected chi connectivity index (χ4v) is 4.75. The Morgan fingerprint density at radius 3 is 2.71 bits per heavy atom. The number of furan rings is 1. The number of thiazole rings is 1. The number of nitrogens with zero attached hydrogens (tertiary/aromatic N) is 2. The van der Waals surface area contributed by atoms with Crippen molar-refractivity contribution in [2.75, 3.05) is 10.7 Å². The van der Waals surface area contributed by atoms with Crippen LogP contribution in [0.4, 0.5) is 5.13 Å². The second-order valence-electron chi connectivity index (χ2n) is 6.24. The van der Waals surface area contributed by atoms with Crippen molar-refractivity contribution in [2.45, 2.75) is 18.4 Å². The van der Waals surface area contributed by atoms with Crippen LogP contribution in [0.5, 0.6) is 0 Å². The average molecular weight is 429 g/mol. The molecule has 0 N–H and O–H groups in total. The number of hydrogen-bond acceptors (Lipinski definition) is 5. The van der Waals surface area contributed by atoms with E-state index < -0.39 is 0 Å². The Balaban J connectivity index is 1.59. The second kappa shape index (κ2) is 8.39. The number of hydrogen-bond donors (Lipinski definition) is 0. The molecule has 0 aliphatic carbocycles. The van der Waals surface area contributed by atoms with Gasteiger partial charge in [-0.1, -0.05) is 46.7 Å². The standard InChI is InChI=1S/C21H17ClN2O2S2/c1-14-7-9-16(10-8-14)27-13-19(25)24(12-15-4-3-11-26-15)21-23-20-17(22)5-2-6-18(20)28-21/h2-11H,12-13H2,1H3. The fraction of sp³-hybridized carbons (Fsp3) is 0.143. The number of fused-ring (bicyclic) bond motifs is 1. The van der Waals surface area contributed by atoms with E-state index in [9.17, 15) is 4.79 Å². The van der Waals surface area contributed by atoms with Crippen LogP contribution in [-0.2, 0) is 11.3 Å². The Morgan fingerprint density at radius 1 is 1.18 bits per heavy atom. The van der Waals surface area contributed by atoms with Gasteiger partial charge in [0.2, 0.25) is 5.91 Å². The second-order valence-corrected chi connectivity index (χ2v) is 8.71. The van der Waals surface area contributed by atoms with Crippen LogP contribution in [0.1, 0.15) is 11.3 Å². The number of carbonyl (C=O) groups excluding carboxylic acids is 1. The molecule has 0 atom stereocenters. The summed E-state index contributed by atoms with van der Waals surface area (Å²) in [6.45, 7) is 2.38. The Morgan fingerprint density at radius 2 is 2.00 bits per heavy atom. The van der Waals surface area contributed by atoms with Gasteiger partial charge in [0, 0.05) is 4.90 Å². The zero-order valence-electron chi connectivity index (χ0n) is 15.1. The van der Waals surface area contributed by atoms with Gasteiger partial charge in [-0.15, -0.1) is 11.8 Å². The number of benzene rings is 2. The number of carbonyl (C=O) groups is 1. The molecule has 4 aromatic rings. The van der Waals surface area contributed by atoms with Crippen molar-refractivity contribution in [1.82, 2.24) is 4.98 Å². The van der Waals surface area contributed by atoms with Crippen molar-refractivity contribution in [1.29, 1.82) is 0 Å². The minimum Gasteiger partial charge on any atom is -0.467 e. The Bertz CT molecular complexity index is 1090. The van der Waals surface area contributed by atoms with Gasteiger partial charge in [0.15, 0.2) is 5.13 Å². The summed E-state index contributed by atoms with van der Waals surface area (Å²) in [6, 6.07) is 17.5. The predicted octanol–water partition coefficient (Wildman–Crippen LogP) is 6.18. The number of halogens is 1. The zero-order chi connectivity index (χ0) is 19.5. The number of thioether (sulfide) groups is 1. The third kappa shape index (κ3) is 4.24. The molecule has 1 amide bonds. The highest BCUT2D eigenvalue weighted by molar-refractivity contribution is 8.00. The molecule has 0 unspecified atom stereocenters. The van der Waals surface area contributed by atoms with Gasteiger partial charge in [-0.3, -0.25) is 9.69 Å². The SMILES string of the molecule is Cc1ccc(SCC(=O)N(Cc2ccco2)c2nc3c(Cl)cccc3s2)cc1. The first-order chi connectivity index (χ1) is 13.6. The normalized spacial score (nSPS) is 11.1. The average Bonchev–Trinajstić information content (AvgIpc) is 3.35. The predicted molar refractivity (Wildman–Crippen MR) is 116 cm³/mol. The number of anilines is 1. The lowest BCUT2D eigenvalue weighted by Crippen LogP contribution is -2.31. The first-order valence-corrected chi connectivity index (χ1v) is 10.9. The Hall–Kier alpha value is -2.28. The molecule has 2 heterocycles. The lowest BCUT2D eigenvalue weighted by Gasteiger charge is -2.18. The summed E-state index contributed by atoms with van der Waals surface area (Å²) in [7, 11) is 0. The van der Waals surface area contributed by atoms with Gasteiger partial charge < -0.3 is 4.42 Å². The highest BCUT2D eigenvalue weighted by Crippen LogP contribution is 2.34. The minimum atomic E-state index is -0.0304. The lowest BCUT2D eigenvalue weighted by atomic mass is 10.2. The highest BCUT2D eigenvalue weighted by atomic mass is 35.5. The van der Waals surface area contributed by atoms with E-state index in [1.54, 1.807) is 17.2 Å². The molecule has 7 heteroatoms. The monoisotopic (exact) mass is 428 g/mol. The molecule has 142 valence electrons. The van der Waals surface area contributed by atoms with Crippen molar-refractivity contribution in [3.05, 3.63) is 77.2 Å².